The zero-order valence-electron chi connectivity index (χ0n) is 9.58. The van der Waals surface area contributed by atoms with Crippen LogP contribution in [0.1, 0.15) is 13.3 Å². The van der Waals surface area contributed by atoms with E-state index in [-0.39, 0.29) is 0 Å². The second-order valence-corrected chi connectivity index (χ2v) is 4.06. The zero-order chi connectivity index (χ0) is 10.8. The molecule has 2 rings (SSSR count). The number of hydrogen-bond donors (Lipinski definition) is 1. The molecule has 0 unspecified atom stereocenters. The van der Waals surface area contributed by atoms with E-state index in [9.17, 15) is 0 Å². The number of hydrogen-bond acceptors (Lipinski definition) is 3. The van der Waals surface area contributed by atoms with Gasteiger partial charge >= 0.3 is 0 Å². The Morgan fingerprint density at radius 2 is 2.27 bits per heavy atom. The number of nitrogens with zero attached hydrogens (tertiary/aromatic N) is 1. The Kier molecular flexibility index (Phi) is 2.71. The SMILES string of the molecule is COc1ccc2c(c1)N(C)[C@@H](C)CCN2. The van der Waals surface area contributed by atoms with Crippen LogP contribution in [0.25, 0.3) is 0 Å². The summed E-state index contributed by atoms with van der Waals surface area (Å²) < 4.78 is 5.25. The van der Waals surface area contributed by atoms with Crippen molar-refractivity contribution in [3.05, 3.63) is 18.2 Å². The molecule has 1 aliphatic heterocycles. The summed E-state index contributed by atoms with van der Waals surface area (Å²) in [6.07, 6.45) is 1.16. The highest BCUT2D eigenvalue weighted by atomic mass is 16.5. The second kappa shape index (κ2) is 4.01. The van der Waals surface area contributed by atoms with Gasteiger partial charge in [0.1, 0.15) is 5.75 Å². The summed E-state index contributed by atoms with van der Waals surface area (Å²) in [4.78, 5) is 2.30. The molecular formula is C12H18N2O. The average molecular weight is 206 g/mol. The molecule has 3 heteroatoms. The largest absolute Gasteiger partial charge is 0.497 e. The Morgan fingerprint density at radius 3 is 3.00 bits per heavy atom. The van der Waals surface area contributed by atoms with E-state index in [0.29, 0.717) is 6.04 Å². The van der Waals surface area contributed by atoms with Gasteiger partial charge in [0.2, 0.25) is 0 Å². The van der Waals surface area contributed by atoms with Crippen LogP contribution in [-0.4, -0.2) is 26.7 Å². The molecule has 0 spiro atoms. The maximum atomic E-state index is 5.25. The molecule has 0 amide bonds. The fourth-order valence-electron chi connectivity index (χ4n) is 1.93. The number of ether oxygens (including phenoxy) is 1. The molecule has 0 saturated carbocycles. The number of methoxy groups -OCH3 is 1. The van der Waals surface area contributed by atoms with Crippen molar-refractivity contribution in [2.24, 2.45) is 0 Å². The highest BCUT2D eigenvalue weighted by Gasteiger charge is 2.17. The summed E-state index contributed by atoms with van der Waals surface area (Å²) in [5.41, 5.74) is 2.42. The average Bonchev–Trinajstić information content (AvgIpc) is 2.40. The van der Waals surface area contributed by atoms with Crippen molar-refractivity contribution < 1.29 is 4.74 Å². The summed E-state index contributed by atoms with van der Waals surface area (Å²) in [6, 6.07) is 6.73. The van der Waals surface area contributed by atoms with E-state index >= 15 is 0 Å². The topological polar surface area (TPSA) is 24.5 Å². The van der Waals surface area contributed by atoms with Gasteiger partial charge in [0.25, 0.3) is 0 Å². The van der Waals surface area contributed by atoms with E-state index in [0.717, 1.165) is 18.7 Å². The first-order chi connectivity index (χ1) is 7.22. The summed E-state index contributed by atoms with van der Waals surface area (Å²) in [5.74, 6) is 0.913. The van der Waals surface area contributed by atoms with Crippen LogP contribution in [0, 0.1) is 0 Å². The lowest BCUT2D eigenvalue weighted by molar-refractivity contribution is 0.415. The minimum atomic E-state index is 0.561. The third-order valence-corrected chi connectivity index (χ3v) is 3.12. The maximum Gasteiger partial charge on any atom is 0.121 e. The van der Waals surface area contributed by atoms with Gasteiger partial charge in [-0.1, -0.05) is 0 Å². The molecule has 0 fully saturated rings. The van der Waals surface area contributed by atoms with E-state index < -0.39 is 0 Å². The van der Waals surface area contributed by atoms with Gasteiger partial charge in [0.05, 0.1) is 18.5 Å². The first-order valence-electron chi connectivity index (χ1n) is 5.37. The van der Waals surface area contributed by atoms with Crippen LogP contribution < -0.4 is 15.0 Å². The van der Waals surface area contributed by atoms with E-state index in [4.69, 9.17) is 4.74 Å². The molecule has 0 radical (unpaired) electrons. The maximum absolute atomic E-state index is 5.25. The molecule has 1 aliphatic rings. The third kappa shape index (κ3) is 1.87. The van der Waals surface area contributed by atoms with Crippen molar-refractivity contribution in [1.82, 2.24) is 0 Å². The Hall–Kier alpha value is -1.38. The predicted octanol–water partition coefficient (Wildman–Crippen LogP) is 2.34. The smallest absolute Gasteiger partial charge is 0.121 e. The highest BCUT2D eigenvalue weighted by Crippen LogP contribution is 2.33. The number of nitrogens with one attached hydrogen (secondary N) is 1. The van der Waals surface area contributed by atoms with Gasteiger partial charge in [-0.25, -0.2) is 0 Å². The molecule has 1 atom stereocenters. The van der Waals surface area contributed by atoms with Gasteiger partial charge in [-0.15, -0.1) is 0 Å². The fraction of sp³-hybridized carbons (Fsp3) is 0.500. The quantitative estimate of drug-likeness (QED) is 0.763. The normalized spacial score (nSPS) is 20.2. The van der Waals surface area contributed by atoms with Crippen molar-refractivity contribution in [2.45, 2.75) is 19.4 Å². The van der Waals surface area contributed by atoms with Crippen LogP contribution >= 0.6 is 0 Å². The standard InChI is InChI=1S/C12H18N2O/c1-9-6-7-13-11-5-4-10(15-3)8-12(11)14(9)2/h4-5,8-9,13H,6-7H2,1-3H3/t9-/m0/s1. The van der Waals surface area contributed by atoms with Gasteiger partial charge in [-0.3, -0.25) is 0 Å². The fourth-order valence-corrected chi connectivity index (χ4v) is 1.93. The number of rotatable bonds is 1. The molecule has 1 N–H and O–H groups in total. The molecule has 1 aromatic rings. The zero-order valence-corrected chi connectivity index (χ0v) is 9.58. The Labute approximate surface area is 91.0 Å². The van der Waals surface area contributed by atoms with Crippen LogP contribution in [-0.2, 0) is 0 Å². The lowest BCUT2D eigenvalue weighted by atomic mass is 10.2. The summed E-state index contributed by atoms with van der Waals surface area (Å²) in [5, 5.41) is 3.44. The molecule has 15 heavy (non-hydrogen) atoms. The molecule has 0 saturated heterocycles. The monoisotopic (exact) mass is 206 g/mol. The molecule has 1 aromatic carbocycles. The predicted molar refractivity (Wildman–Crippen MR) is 64.0 cm³/mol. The summed E-state index contributed by atoms with van der Waals surface area (Å²) >= 11 is 0. The second-order valence-electron chi connectivity index (χ2n) is 4.06. The van der Waals surface area contributed by atoms with Gasteiger partial charge in [-0.2, -0.15) is 0 Å². The van der Waals surface area contributed by atoms with Crippen molar-refractivity contribution >= 4 is 11.4 Å². The Morgan fingerprint density at radius 1 is 1.47 bits per heavy atom. The van der Waals surface area contributed by atoms with Crippen LogP contribution in [0.2, 0.25) is 0 Å². The van der Waals surface area contributed by atoms with E-state index in [1.54, 1.807) is 7.11 Å². The van der Waals surface area contributed by atoms with Crippen LogP contribution in [0.5, 0.6) is 5.75 Å². The summed E-state index contributed by atoms with van der Waals surface area (Å²) in [7, 11) is 3.84. The third-order valence-electron chi connectivity index (χ3n) is 3.12. The number of anilines is 2. The summed E-state index contributed by atoms with van der Waals surface area (Å²) in [6.45, 7) is 3.28. The minimum Gasteiger partial charge on any atom is -0.497 e. The van der Waals surface area contributed by atoms with Crippen molar-refractivity contribution in [3.63, 3.8) is 0 Å². The molecular weight excluding hydrogens is 188 g/mol. The van der Waals surface area contributed by atoms with E-state index in [1.807, 2.05) is 6.07 Å². The van der Waals surface area contributed by atoms with Gasteiger partial charge in [0.15, 0.2) is 0 Å². The molecule has 1 heterocycles. The van der Waals surface area contributed by atoms with Crippen LogP contribution in [0.15, 0.2) is 18.2 Å². The van der Waals surface area contributed by atoms with E-state index in [1.165, 1.54) is 11.4 Å². The first kappa shape index (κ1) is 10.1. The Bertz CT molecular complexity index is 351. The van der Waals surface area contributed by atoms with Crippen molar-refractivity contribution in [2.75, 3.05) is 30.9 Å². The van der Waals surface area contributed by atoms with Gasteiger partial charge in [0, 0.05) is 25.7 Å². The molecule has 0 bridgehead atoms. The first-order valence-corrected chi connectivity index (χ1v) is 5.37. The molecule has 3 nitrogen and oxygen atoms in total. The number of fused-ring (bicyclic) bond motifs is 1. The lowest BCUT2D eigenvalue weighted by Crippen LogP contribution is -2.28. The highest BCUT2D eigenvalue weighted by molar-refractivity contribution is 5.72. The molecule has 0 aliphatic carbocycles. The minimum absolute atomic E-state index is 0.561. The molecule has 82 valence electrons. The Balaban J connectivity index is 2.41. The van der Waals surface area contributed by atoms with E-state index in [2.05, 4.69) is 36.3 Å². The van der Waals surface area contributed by atoms with Crippen LogP contribution in [0.4, 0.5) is 11.4 Å². The van der Waals surface area contributed by atoms with Crippen LogP contribution in [0.3, 0.4) is 0 Å². The van der Waals surface area contributed by atoms with Gasteiger partial charge in [-0.05, 0) is 25.5 Å². The number of benzene rings is 1. The lowest BCUT2D eigenvalue weighted by Gasteiger charge is -2.25. The van der Waals surface area contributed by atoms with Crippen molar-refractivity contribution in [3.8, 4) is 5.75 Å². The van der Waals surface area contributed by atoms with Crippen molar-refractivity contribution in [1.29, 1.82) is 0 Å². The van der Waals surface area contributed by atoms with Gasteiger partial charge < -0.3 is 15.0 Å². The molecule has 0 aromatic heterocycles.